The molecule has 1 aliphatic heterocycles. The van der Waals surface area contributed by atoms with Crippen LogP contribution in [0.1, 0.15) is 33.6 Å². The third-order valence-electron chi connectivity index (χ3n) is 1.30. The Bertz CT molecular complexity index is 170. The fourth-order valence-corrected chi connectivity index (χ4v) is 0.897. The highest BCUT2D eigenvalue weighted by molar-refractivity contribution is 5.77. The van der Waals surface area contributed by atoms with Crippen molar-refractivity contribution in [1.29, 1.82) is 0 Å². The summed E-state index contributed by atoms with van der Waals surface area (Å²) in [7, 11) is 0. The molecule has 1 rings (SSSR count). The Morgan fingerprint density at radius 3 is 2.23 bits per heavy atom. The van der Waals surface area contributed by atoms with Gasteiger partial charge in [-0.1, -0.05) is 0 Å². The van der Waals surface area contributed by atoms with E-state index in [4.69, 9.17) is 0 Å². The van der Waals surface area contributed by atoms with Crippen molar-refractivity contribution in [2.75, 3.05) is 6.54 Å². The average Bonchev–Trinajstić information content (AvgIpc) is 2.37. The van der Waals surface area contributed by atoms with Gasteiger partial charge in [0.25, 0.3) is 0 Å². The molecule has 4 heteroatoms. The van der Waals surface area contributed by atoms with E-state index in [2.05, 4.69) is 10.1 Å². The lowest BCUT2D eigenvalue weighted by Crippen LogP contribution is -2.12. The van der Waals surface area contributed by atoms with Crippen LogP contribution in [0.15, 0.2) is 0 Å². The quantitative estimate of drug-likeness (QED) is 0.619. The number of carbonyl (C=O) groups is 2. The lowest BCUT2D eigenvalue weighted by Gasteiger charge is -2.01. The van der Waals surface area contributed by atoms with Crippen molar-refractivity contribution in [2.45, 2.75) is 39.7 Å². The molecule has 0 aromatic carbocycles. The summed E-state index contributed by atoms with van der Waals surface area (Å²) in [6.45, 7) is 5.93. The molecule has 1 saturated heterocycles. The van der Waals surface area contributed by atoms with Crippen LogP contribution in [0.2, 0.25) is 0 Å². The molecule has 1 aliphatic rings. The lowest BCUT2D eigenvalue weighted by atomic mass is 10.4. The molecule has 0 bridgehead atoms. The van der Waals surface area contributed by atoms with E-state index in [1.807, 2.05) is 13.8 Å². The fourth-order valence-electron chi connectivity index (χ4n) is 0.897. The summed E-state index contributed by atoms with van der Waals surface area (Å²) < 4.78 is 4.61. The summed E-state index contributed by atoms with van der Waals surface area (Å²) in [5, 5.41) is 2.68. The van der Waals surface area contributed by atoms with Crippen molar-refractivity contribution in [1.82, 2.24) is 5.32 Å². The predicted octanol–water partition coefficient (Wildman–Crippen LogP) is 0.854. The average molecular weight is 187 g/mol. The zero-order valence-electron chi connectivity index (χ0n) is 8.42. The van der Waals surface area contributed by atoms with E-state index >= 15 is 0 Å². The van der Waals surface area contributed by atoms with Gasteiger partial charge in [-0.2, -0.15) is 0 Å². The molecule has 0 atom stereocenters. The van der Waals surface area contributed by atoms with Gasteiger partial charge in [0.2, 0.25) is 5.91 Å². The summed E-state index contributed by atoms with van der Waals surface area (Å²) in [5.74, 6) is -0.00926. The first-order valence-electron chi connectivity index (χ1n) is 4.46. The van der Waals surface area contributed by atoms with E-state index in [1.54, 1.807) is 0 Å². The van der Waals surface area contributed by atoms with Gasteiger partial charge in [-0.15, -0.1) is 0 Å². The zero-order chi connectivity index (χ0) is 10.3. The number of carbonyl (C=O) groups excluding carboxylic acids is 2. The van der Waals surface area contributed by atoms with Gasteiger partial charge in [-0.3, -0.25) is 9.59 Å². The second-order valence-corrected chi connectivity index (χ2v) is 3.11. The monoisotopic (exact) mass is 187 g/mol. The van der Waals surface area contributed by atoms with Gasteiger partial charge < -0.3 is 10.1 Å². The number of ether oxygens (including phenoxy) is 1. The standard InChI is InChI=1S/C5H10O2.C4H7NO/c1-4(2)7-5(3)6;6-4-2-1-3-5-4/h4H,1-3H3;1-3H2,(H,5,6). The Hall–Kier alpha value is -1.06. The third kappa shape index (κ3) is 8.85. The Morgan fingerprint density at radius 1 is 1.54 bits per heavy atom. The Balaban J connectivity index is 0.000000223. The first kappa shape index (κ1) is 11.9. The predicted molar refractivity (Wildman–Crippen MR) is 49.1 cm³/mol. The van der Waals surface area contributed by atoms with Crippen molar-refractivity contribution in [2.24, 2.45) is 0 Å². The van der Waals surface area contributed by atoms with E-state index in [1.165, 1.54) is 6.92 Å². The van der Waals surface area contributed by atoms with Gasteiger partial charge in [0.05, 0.1) is 6.10 Å². The van der Waals surface area contributed by atoms with E-state index in [-0.39, 0.29) is 18.0 Å². The first-order valence-corrected chi connectivity index (χ1v) is 4.46. The molecule has 1 heterocycles. The summed E-state index contributed by atoms with van der Waals surface area (Å²) in [6, 6.07) is 0. The molecule has 0 saturated carbocycles. The van der Waals surface area contributed by atoms with Crippen LogP contribution in [-0.4, -0.2) is 24.5 Å². The molecular formula is C9H17NO3. The Kier molecular flexibility index (Phi) is 5.93. The summed E-state index contributed by atoms with van der Waals surface area (Å²) in [4.78, 5) is 20.2. The van der Waals surface area contributed by atoms with Gasteiger partial charge in [0.1, 0.15) is 0 Å². The molecule has 1 N–H and O–H groups in total. The van der Waals surface area contributed by atoms with Crippen LogP contribution in [0.3, 0.4) is 0 Å². The SMILES string of the molecule is CC(=O)OC(C)C.O=C1CCCN1. The molecule has 0 radical (unpaired) electrons. The molecule has 0 aliphatic carbocycles. The maximum Gasteiger partial charge on any atom is 0.302 e. The van der Waals surface area contributed by atoms with Crippen LogP contribution in [0.4, 0.5) is 0 Å². The normalized spacial score (nSPS) is 14.6. The summed E-state index contributed by atoms with van der Waals surface area (Å²) >= 11 is 0. The summed E-state index contributed by atoms with van der Waals surface area (Å²) in [5.41, 5.74) is 0. The second-order valence-electron chi connectivity index (χ2n) is 3.11. The molecule has 4 nitrogen and oxygen atoms in total. The van der Waals surface area contributed by atoms with E-state index in [9.17, 15) is 9.59 Å². The number of esters is 1. The molecule has 0 unspecified atom stereocenters. The largest absolute Gasteiger partial charge is 0.463 e. The van der Waals surface area contributed by atoms with Gasteiger partial charge in [-0.25, -0.2) is 0 Å². The molecule has 76 valence electrons. The van der Waals surface area contributed by atoms with E-state index in [0.717, 1.165) is 19.4 Å². The number of hydrogen-bond acceptors (Lipinski definition) is 3. The first-order chi connectivity index (χ1) is 6.02. The van der Waals surface area contributed by atoms with E-state index < -0.39 is 0 Å². The number of nitrogens with one attached hydrogen (secondary N) is 1. The van der Waals surface area contributed by atoms with E-state index in [0.29, 0.717) is 0 Å². The third-order valence-corrected chi connectivity index (χ3v) is 1.30. The van der Waals surface area contributed by atoms with Gasteiger partial charge >= 0.3 is 5.97 Å². The van der Waals surface area contributed by atoms with Crippen LogP contribution in [-0.2, 0) is 14.3 Å². The van der Waals surface area contributed by atoms with Gasteiger partial charge in [-0.05, 0) is 20.3 Å². The minimum Gasteiger partial charge on any atom is -0.463 e. The Labute approximate surface area is 78.6 Å². The maximum absolute atomic E-state index is 10.1. The second kappa shape index (κ2) is 6.46. The fraction of sp³-hybridized carbons (Fsp3) is 0.778. The Morgan fingerprint density at radius 2 is 2.15 bits per heavy atom. The zero-order valence-corrected chi connectivity index (χ0v) is 8.42. The van der Waals surface area contributed by atoms with Crippen LogP contribution in [0.5, 0.6) is 0 Å². The minimum atomic E-state index is -0.213. The highest BCUT2D eigenvalue weighted by atomic mass is 16.5. The lowest BCUT2D eigenvalue weighted by molar-refractivity contribution is -0.144. The topological polar surface area (TPSA) is 55.4 Å². The number of hydrogen-bond donors (Lipinski definition) is 1. The minimum absolute atomic E-state index is 0.0255. The molecule has 1 amide bonds. The van der Waals surface area contributed by atoms with Crippen LogP contribution in [0.25, 0.3) is 0 Å². The van der Waals surface area contributed by atoms with Crippen LogP contribution < -0.4 is 5.32 Å². The maximum atomic E-state index is 10.1. The van der Waals surface area contributed by atoms with Crippen molar-refractivity contribution in [3.8, 4) is 0 Å². The smallest absolute Gasteiger partial charge is 0.302 e. The molecule has 1 fully saturated rings. The number of amides is 1. The van der Waals surface area contributed by atoms with Crippen molar-refractivity contribution >= 4 is 11.9 Å². The van der Waals surface area contributed by atoms with Crippen molar-refractivity contribution in [3.63, 3.8) is 0 Å². The summed E-state index contributed by atoms with van der Waals surface area (Å²) in [6.07, 6.45) is 1.79. The highest BCUT2D eigenvalue weighted by Gasteiger charge is 2.05. The van der Waals surface area contributed by atoms with Gasteiger partial charge in [0.15, 0.2) is 0 Å². The van der Waals surface area contributed by atoms with Crippen molar-refractivity contribution in [3.05, 3.63) is 0 Å². The molecule has 0 aromatic rings. The number of rotatable bonds is 1. The molecular weight excluding hydrogens is 170 g/mol. The molecule has 0 aromatic heterocycles. The highest BCUT2D eigenvalue weighted by Crippen LogP contribution is 1.93. The van der Waals surface area contributed by atoms with Gasteiger partial charge in [0, 0.05) is 19.9 Å². The van der Waals surface area contributed by atoms with Crippen LogP contribution in [0, 0.1) is 0 Å². The van der Waals surface area contributed by atoms with Crippen LogP contribution >= 0.6 is 0 Å². The molecule has 0 spiro atoms. The molecule has 13 heavy (non-hydrogen) atoms. The van der Waals surface area contributed by atoms with Crippen molar-refractivity contribution < 1.29 is 14.3 Å².